The van der Waals surface area contributed by atoms with Crippen molar-refractivity contribution in [2.45, 2.75) is 18.2 Å². The molecule has 1 amide bonds. The van der Waals surface area contributed by atoms with Crippen LogP contribution in [0.1, 0.15) is 18.9 Å². The van der Waals surface area contributed by atoms with Crippen LogP contribution >= 0.6 is 0 Å². The average Bonchev–Trinajstić information content (AvgIpc) is 2.70. The summed E-state index contributed by atoms with van der Waals surface area (Å²) in [7, 11) is -1.78. The molecule has 0 bridgehead atoms. The molecule has 0 aromatic heterocycles. The lowest BCUT2D eigenvalue weighted by atomic mass is 10.2. The third-order valence-corrected chi connectivity index (χ3v) is 4.56. The van der Waals surface area contributed by atoms with Gasteiger partial charge in [0.15, 0.2) is 0 Å². The zero-order valence-electron chi connectivity index (χ0n) is 11.5. The van der Waals surface area contributed by atoms with E-state index in [1.165, 1.54) is 6.07 Å². The zero-order valence-corrected chi connectivity index (χ0v) is 12.3. The second-order valence-corrected chi connectivity index (χ2v) is 6.14. The quantitative estimate of drug-likeness (QED) is 0.883. The summed E-state index contributed by atoms with van der Waals surface area (Å²) in [4.78, 5) is 17.7. The summed E-state index contributed by atoms with van der Waals surface area (Å²) in [6, 6.07) is 6.66. The van der Waals surface area contributed by atoms with E-state index < -0.39 is 10.0 Å². The molecule has 0 fully saturated rings. The minimum Gasteiger partial charge on any atom is -0.346 e. The van der Waals surface area contributed by atoms with E-state index in [0.29, 0.717) is 17.9 Å². The first-order chi connectivity index (χ1) is 9.45. The van der Waals surface area contributed by atoms with Gasteiger partial charge in [-0.1, -0.05) is 12.1 Å². The number of rotatable bonds is 4. The number of amides is 1. The van der Waals surface area contributed by atoms with Gasteiger partial charge in [0.25, 0.3) is 10.0 Å². The molecule has 1 N–H and O–H groups in total. The summed E-state index contributed by atoms with van der Waals surface area (Å²) >= 11 is 0. The van der Waals surface area contributed by atoms with Crippen molar-refractivity contribution in [3.8, 4) is 0 Å². The highest BCUT2D eigenvalue weighted by Gasteiger charge is 2.29. The van der Waals surface area contributed by atoms with Crippen molar-refractivity contribution in [1.82, 2.24) is 9.62 Å². The maximum atomic E-state index is 11.8. The molecule has 1 aliphatic heterocycles. The number of hydrogen-bond donors (Lipinski definition) is 1. The number of sulfonamides is 1. The lowest BCUT2D eigenvalue weighted by Crippen LogP contribution is -2.27. The Kier molecular flexibility index (Phi) is 4.08. The number of amidine groups is 1. The van der Waals surface area contributed by atoms with Gasteiger partial charge in [-0.15, -0.1) is 0 Å². The Morgan fingerprint density at radius 1 is 1.35 bits per heavy atom. The molecule has 2 rings (SSSR count). The minimum atomic E-state index is -3.50. The Hall–Kier alpha value is -1.89. The smallest absolute Gasteiger partial charge is 0.263 e. The number of fused-ring (bicyclic) bond motifs is 1. The van der Waals surface area contributed by atoms with Gasteiger partial charge in [-0.3, -0.25) is 14.5 Å². The highest BCUT2D eigenvalue weighted by atomic mass is 32.2. The number of carbonyl (C=O) groups is 1. The number of nitrogens with one attached hydrogen (secondary N) is 1. The first-order valence-corrected chi connectivity index (χ1v) is 7.84. The summed E-state index contributed by atoms with van der Waals surface area (Å²) in [5.74, 6) is 0.304. The second-order valence-electron chi connectivity index (χ2n) is 4.49. The molecule has 0 atom stereocenters. The van der Waals surface area contributed by atoms with Crippen LogP contribution in [0.4, 0.5) is 0 Å². The van der Waals surface area contributed by atoms with Gasteiger partial charge in [0.1, 0.15) is 5.84 Å². The van der Waals surface area contributed by atoms with Gasteiger partial charge in [0.05, 0.1) is 11.4 Å². The lowest BCUT2D eigenvalue weighted by molar-refractivity contribution is -0.129. The molecule has 0 unspecified atom stereocenters. The second kappa shape index (κ2) is 5.62. The summed E-state index contributed by atoms with van der Waals surface area (Å²) in [5.41, 5.74) is 0.559. The van der Waals surface area contributed by atoms with Gasteiger partial charge in [-0.05, 0) is 19.1 Å². The monoisotopic (exact) mass is 295 g/mol. The average molecular weight is 295 g/mol. The summed E-state index contributed by atoms with van der Waals surface area (Å²) in [5, 5.41) is 0. The van der Waals surface area contributed by atoms with Crippen LogP contribution in [0.5, 0.6) is 0 Å². The number of benzene rings is 1. The topological polar surface area (TPSA) is 78.8 Å². The van der Waals surface area contributed by atoms with Gasteiger partial charge in [-0.25, -0.2) is 8.42 Å². The number of hydrogen-bond acceptors (Lipinski definition) is 4. The third kappa shape index (κ3) is 2.82. The molecule has 1 aliphatic rings. The van der Waals surface area contributed by atoms with Gasteiger partial charge in [0.2, 0.25) is 5.91 Å². The van der Waals surface area contributed by atoms with Gasteiger partial charge in [-0.2, -0.15) is 0 Å². The molecular weight excluding hydrogens is 278 g/mol. The van der Waals surface area contributed by atoms with E-state index in [1.807, 2.05) is 6.92 Å². The fourth-order valence-corrected chi connectivity index (χ4v) is 3.13. The van der Waals surface area contributed by atoms with Crippen molar-refractivity contribution in [3.63, 3.8) is 0 Å². The first-order valence-electron chi connectivity index (χ1n) is 6.36. The lowest BCUT2D eigenvalue weighted by Gasteiger charge is -2.13. The van der Waals surface area contributed by atoms with Crippen LogP contribution in [0.15, 0.2) is 34.2 Å². The summed E-state index contributed by atoms with van der Waals surface area (Å²) < 4.78 is 26.1. The van der Waals surface area contributed by atoms with Crippen LogP contribution in [0.2, 0.25) is 0 Å². The number of aliphatic imine (C=N–C) groups is 1. The molecule has 0 saturated carbocycles. The van der Waals surface area contributed by atoms with E-state index in [4.69, 9.17) is 0 Å². The SMILES string of the molecule is CCN(C)C(=O)CCN=C1NS(=O)(=O)c2ccccc21. The maximum absolute atomic E-state index is 11.8. The van der Waals surface area contributed by atoms with Gasteiger partial charge < -0.3 is 4.90 Å². The van der Waals surface area contributed by atoms with Crippen molar-refractivity contribution in [3.05, 3.63) is 29.8 Å². The molecular formula is C13H17N3O3S. The van der Waals surface area contributed by atoms with Crippen molar-refractivity contribution >= 4 is 21.8 Å². The van der Waals surface area contributed by atoms with Crippen molar-refractivity contribution in [2.24, 2.45) is 4.99 Å². The van der Waals surface area contributed by atoms with Crippen molar-refractivity contribution < 1.29 is 13.2 Å². The number of carbonyl (C=O) groups excluding carboxylic acids is 1. The normalized spacial score (nSPS) is 17.6. The van der Waals surface area contributed by atoms with E-state index in [0.717, 1.165) is 0 Å². The molecule has 1 aromatic rings. The largest absolute Gasteiger partial charge is 0.346 e. The highest BCUT2D eigenvalue weighted by Crippen LogP contribution is 2.22. The Morgan fingerprint density at radius 2 is 2.05 bits per heavy atom. The van der Waals surface area contributed by atoms with E-state index in [-0.39, 0.29) is 23.8 Å². The van der Waals surface area contributed by atoms with Gasteiger partial charge in [0, 0.05) is 25.6 Å². The van der Waals surface area contributed by atoms with Crippen LogP contribution in [-0.2, 0) is 14.8 Å². The van der Waals surface area contributed by atoms with Crippen LogP contribution < -0.4 is 4.72 Å². The molecule has 6 nitrogen and oxygen atoms in total. The van der Waals surface area contributed by atoms with Gasteiger partial charge >= 0.3 is 0 Å². The summed E-state index contributed by atoms with van der Waals surface area (Å²) in [6.07, 6.45) is 0.262. The maximum Gasteiger partial charge on any atom is 0.263 e. The molecule has 1 heterocycles. The Bertz CT molecular complexity index is 653. The predicted octanol–water partition coefficient (Wildman–Crippen LogP) is 0.594. The summed E-state index contributed by atoms with van der Waals surface area (Å²) in [6.45, 7) is 2.80. The molecule has 0 spiro atoms. The highest BCUT2D eigenvalue weighted by molar-refractivity contribution is 7.90. The fourth-order valence-electron chi connectivity index (χ4n) is 1.88. The van der Waals surface area contributed by atoms with Crippen LogP contribution in [0.25, 0.3) is 0 Å². The molecule has 0 saturated heterocycles. The van der Waals surface area contributed by atoms with Crippen molar-refractivity contribution in [2.75, 3.05) is 20.1 Å². The van der Waals surface area contributed by atoms with E-state index in [9.17, 15) is 13.2 Å². The first kappa shape index (κ1) is 14.5. The van der Waals surface area contributed by atoms with E-state index in [1.54, 1.807) is 30.1 Å². The van der Waals surface area contributed by atoms with E-state index >= 15 is 0 Å². The number of nitrogens with zero attached hydrogens (tertiary/aromatic N) is 2. The predicted molar refractivity (Wildman–Crippen MR) is 76.1 cm³/mol. The van der Waals surface area contributed by atoms with Crippen LogP contribution in [0.3, 0.4) is 0 Å². The molecule has 7 heteroatoms. The Balaban J connectivity index is 2.12. The van der Waals surface area contributed by atoms with Crippen molar-refractivity contribution in [1.29, 1.82) is 0 Å². The molecule has 0 radical (unpaired) electrons. The van der Waals surface area contributed by atoms with Crippen LogP contribution in [0, 0.1) is 0 Å². The Labute approximate surface area is 118 Å². The molecule has 1 aromatic carbocycles. The zero-order chi connectivity index (χ0) is 14.8. The third-order valence-electron chi connectivity index (χ3n) is 3.16. The molecule has 20 heavy (non-hydrogen) atoms. The fraction of sp³-hybridized carbons (Fsp3) is 0.385. The molecule has 0 aliphatic carbocycles. The van der Waals surface area contributed by atoms with E-state index in [2.05, 4.69) is 9.71 Å². The van der Waals surface area contributed by atoms with Crippen LogP contribution in [-0.4, -0.2) is 45.2 Å². The minimum absolute atomic E-state index is 0.00834. The Morgan fingerprint density at radius 3 is 2.75 bits per heavy atom. The molecule has 108 valence electrons. The standard InChI is InChI=1S/C13H17N3O3S/c1-3-16(2)12(17)8-9-14-13-10-6-4-5-7-11(10)20(18,19)15-13/h4-7H,3,8-9H2,1-2H3,(H,14,15).